The van der Waals surface area contributed by atoms with Crippen molar-refractivity contribution >= 4 is 40.9 Å². The van der Waals surface area contributed by atoms with E-state index in [1.165, 1.54) is 12.1 Å². The molecular weight excluding hydrogens is 315 g/mol. The maximum absolute atomic E-state index is 12.2. The number of aromatic carboxylic acids is 1. The molecule has 7 heteroatoms. The molecule has 0 atom stereocenters. The van der Waals surface area contributed by atoms with E-state index in [0.29, 0.717) is 19.0 Å². The summed E-state index contributed by atoms with van der Waals surface area (Å²) in [7, 11) is 0. The van der Waals surface area contributed by atoms with E-state index < -0.39 is 5.97 Å². The van der Waals surface area contributed by atoms with Crippen molar-refractivity contribution in [1.29, 1.82) is 0 Å². The molecule has 1 aromatic carbocycles. The third-order valence-corrected chi connectivity index (χ3v) is 3.37. The zero-order chi connectivity index (χ0) is 16.2. The molecular formula is C14H18Cl2N2O3. The number of carbonyl (C=O) groups excluding carboxylic acids is 1. The lowest BCUT2D eigenvalue weighted by atomic mass is 10.2. The van der Waals surface area contributed by atoms with Crippen molar-refractivity contribution in [3.63, 3.8) is 0 Å². The van der Waals surface area contributed by atoms with Gasteiger partial charge in [-0.05, 0) is 25.0 Å². The number of benzene rings is 1. The normalized spacial score (nSPS) is 10.6. The van der Waals surface area contributed by atoms with Gasteiger partial charge in [0.1, 0.15) is 0 Å². The predicted octanol–water partition coefficient (Wildman–Crippen LogP) is 4.20. The maximum atomic E-state index is 12.2. The average molecular weight is 333 g/mol. The predicted molar refractivity (Wildman–Crippen MR) is 84.5 cm³/mol. The number of urea groups is 1. The molecule has 1 aromatic rings. The molecule has 1 rings (SSSR count). The lowest BCUT2D eigenvalue weighted by Crippen LogP contribution is -2.37. The first-order valence-corrected chi connectivity index (χ1v) is 7.30. The summed E-state index contributed by atoms with van der Waals surface area (Å²) in [6.45, 7) is 7.05. The Morgan fingerprint density at radius 1 is 1.29 bits per heavy atom. The van der Waals surface area contributed by atoms with Gasteiger partial charge in [-0.3, -0.25) is 0 Å². The Hall–Kier alpha value is -1.46. The lowest BCUT2D eigenvalue weighted by molar-refractivity contribution is 0.0697. The molecule has 0 fully saturated rings. The number of nitrogens with one attached hydrogen (secondary N) is 1. The minimum Gasteiger partial charge on any atom is -0.478 e. The zero-order valence-corrected chi connectivity index (χ0v) is 13.6. The van der Waals surface area contributed by atoms with Crippen LogP contribution in [0.2, 0.25) is 10.0 Å². The average Bonchev–Trinajstić information content (AvgIpc) is 2.39. The highest BCUT2D eigenvalue weighted by molar-refractivity contribution is 6.40. The standard InChI is InChI=1S/C14H18Cl2N2O3/c1-4-18(7-8(2)3)14(21)17-12-10(15)5-9(13(19)20)6-11(12)16/h5-6,8H,4,7H2,1-3H3,(H,17,21)(H,19,20). The Bertz CT molecular complexity index is 524. The summed E-state index contributed by atoms with van der Waals surface area (Å²) in [6.07, 6.45) is 0. The molecule has 0 aliphatic heterocycles. The van der Waals surface area contributed by atoms with Gasteiger partial charge in [0, 0.05) is 13.1 Å². The molecule has 0 aromatic heterocycles. The number of anilines is 1. The summed E-state index contributed by atoms with van der Waals surface area (Å²) in [5.41, 5.74) is 0.188. The molecule has 0 aliphatic carbocycles. The second-order valence-corrected chi connectivity index (χ2v) is 5.80. The first-order chi connectivity index (χ1) is 9.76. The van der Waals surface area contributed by atoms with Crippen LogP contribution in [0.25, 0.3) is 0 Å². The van der Waals surface area contributed by atoms with Crippen molar-refractivity contribution in [2.24, 2.45) is 5.92 Å². The van der Waals surface area contributed by atoms with Gasteiger partial charge >= 0.3 is 12.0 Å². The number of hydrogen-bond donors (Lipinski definition) is 2. The topological polar surface area (TPSA) is 69.6 Å². The van der Waals surface area contributed by atoms with Crippen molar-refractivity contribution in [2.75, 3.05) is 18.4 Å². The van der Waals surface area contributed by atoms with Crippen molar-refractivity contribution in [3.8, 4) is 0 Å². The number of nitrogens with zero attached hydrogens (tertiary/aromatic N) is 1. The molecule has 21 heavy (non-hydrogen) atoms. The van der Waals surface area contributed by atoms with Crippen LogP contribution >= 0.6 is 23.2 Å². The molecule has 0 saturated heterocycles. The molecule has 0 radical (unpaired) electrons. The van der Waals surface area contributed by atoms with E-state index in [1.54, 1.807) is 4.90 Å². The van der Waals surface area contributed by atoms with Crippen LogP contribution in [0.4, 0.5) is 10.5 Å². The smallest absolute Gasteiger partial charge is 0.335 e. The van der Waals surface area contributed by atoms with Crippen molar-refractivity contribution in [2.45, 2.75) is 20.8 Å². The summed E-state index contributed by atoms with van der Waals surface area (Å²) in [5, 5.41) is 11.7. The summed E-state index contributed by atoms with van der Waals surface area (Å²) in [6, 6.07) is 2.19. The van der Waals surface area contributed by atoms with Gasteiger partial charge in [-0.2, -0.15) is 0 Å². The van der Waals surface area contributed by atoms with Crippen molar-refractivity contribution in [3.05, 3.63) is 27.7 Å². The molecule has 0 spiro atoms. The van der Waals surface area contributed by atoms with E-state index in [9.17, 15) is 9.59 Å². The summed E-state index contributed by atoms with van der Waals surface area (Å²) in [5.74, 6) is -0.803. The third kappa shape index (κ3) is 4.79. The van der Waals surface area contributed by atoms with Crippen LogP contribution in [0.15, 0.2) is 12.1 Å². The highest BCUT2D eigenvalue weighted by Crippen LogP contribution is 2.32. The second kappa shape index (κ2) is 7.52. The molecule has 0 unspecified atom stereocenters. The van der Waals surface area contributed by atoms with Crippen molar-refractivity contribution in [1.82, 2.24) is 4.90 Å². The molecule has 116 valence electrons. The van der Waals surface area contributed by atoms with E-state index in [1.807, 2.05) is 20.8 Å². The van der Waals surface area contributed by atoms with E-state index in [-0.39, 0.29) is 27.3 Å². The molecule has 0 bridgehead atoms. The fraction of sp³-hybridized carbons (Fsp3) is 0.429. The zero-order valence-electron chi connectivity index (χ0n) is 12.1. The SMILES string of the molecule is CCN(CC(C)C)C(=O)Nc1c(Cl)cc(C(=O)O)cc1Cl. The second-order valence-electron chi connectivity index (χ2n) is 4.98. The van der Waals surface area contributed by atoms with Crippen LogP contribution in [0.1, 0.15) is 31.1 Å². The Balaban J connectivity index is 2.97. The lowest BCUT2D eigenvalue weighted by Gasteiger charge is -2.24. The van der Waals surface area contributed by atoms with Crippen LogP contribution in [-0.4, -0.2) is 35.1 Å². The Labute approximate surface area is 133 Å². The Morgan fingerprint density at radius 3 is 2.19 bits per heavy atom. The molecule has 2 N–H and O–H groups in total. The molecule has 0 saturated carbocycles. The van der Waals surface area contributed by atoms with Gasteiger partial charge in [0.2, 0.25) is 0 Å². The van der Waals surface area contributed by atoms with Crippen LogP contribution in [0.3, 0.4) is 0 Å². The first kappa shape index (κ1) is 17.6. The van der Waals surface area contributed by atoms with Gasteiger partial charge in [0.25, 0.3) is 0 Å². The highest BCUT2D eigenvalue weighted by Gasteiger charge is 2.18. The van der Waals surface area contributed by atoms with Crippen LogP contribution in [0, 0.1) is 5.92 Å². The van der Waals surface area contributed by atoms with Gasteiger partial charge in [-0.25, -0.2) is 9.59 Å². The third-order valence-electron chi connectivity index (χ3n) is 2.78. The van der Waals surface area contributed by atoms with E-state index >= 15 is 0 Å². The number of carbonyl (C=O) groups is 2. The summed E-state index contributed by atoms with van der Waals surface area (Å²) < 4.78 is 0. The van der Waals surface area contributed by atoms with Gasteiger partial charge in [0.05, 0.1) is 21.3 Å². The van der Waals surface area contributed by atoms with Crippen LogP contribution in [-0.2, 0) is 0 Å². The molecule has 0 aliphatic rings. The Morgan fingerprint density at radius 2 is 1.81 bits per heavy atom. The number of amides is 2. The largest absolute Gasteiger partial charge is 0.478 e. The van der Waals surface area contributed by atoms with Crippen LogP contribution < -0.4 is 5.32 Å². The highest BCUT2D eigenvalue weighted by atomic mass is 35.5. The number of halogens is 2. The number of hydrogen-bond acceptors (Lipinski definition) is 2. The minimum absolute atomic E-state index is 0.0301. The van der Waals surface area contributed by atoms with Gasteiger partial charge in [-0.1, -0.05) is 37.0 Å². The first-order valence-electron chi connectivity index (χ1n) is 6.54. The summed E-state index contributed by atoms with van der Waals surface area (Å²) in [4.78, 5) is 24.7. The fourth-order valence-electron chi connectivity index (χ4n) is 1.80. The minimum atomic E-state index is -1.13. The monoisotopic (exact) mass is 332 g/mol. The van der Waals surface area contributed by atoms with Gasteiger partial charge in [-0.15, -0.1) is 0 Å². The van der Waals surface area contributed by atoms with E-state index in [4.69, 9.17) is 28.3 Å². The Kier molecular flexibility index (Phi) is 6.30. The van der Waals surface area contributed by atoms with E-state index in [2.05, 4.69) is 5.32 Å². The fourth-order valence-corrected chi connectivity index (χ4v) is 2.38. The number of carboxylic acids is 1. The quantitative estimate of drug-likeness (QED) is 0.848. The van der Waals surface area contributed by atoms with Gasteiger partial charge < -0.3 is 15.3 Å². The summed E-state index contributed by atoms with van der Waals surface area (Å²) >= 11 is 12.0. The van der Waals surface area contributed by atoms with Crippen LogP contribution in [0.5, 0.6) is 0 Å². The van der Waals surface area contributed by atoms with Crippen molar-refractivity contribution < 1.29 is 14.7 Å². The van der Waals surface area contributed by atoms with Gasteiger partial charge in [0.15, 0.2) is 0 Å². The molecule has 2 amide bonds. The number of carboxylic acid groups (broad SMARTS) is 1. The maximum Gasteiger partial charge on any atom is 0.335 e. The van der Waals surface area contributed by atoms with E-state index in [0.717, 1.165) is 0 Å². The molecule has 0 heterocycles. The number of rotatable bonds is 5. The molecule has 5 nitrogen and oxygen atoms in total.